The molecule has 8 heteroatoms. The minimum atomic E-state index is -0.903. The number of hydrogen-bond donors (Lipinski definition) is 2. The van der Waals surface area contributed by atoms with Crippen LogP contribution in [0, 0.1) is 5.92 Å². The molecule has 2 aromatic rings. The SMILES string of the molecule is CC/C(=C\c1ccccc1)C1CC1N(C(=O)OC(C)(C)C)C1CCC(NCc2cnn(CC(=O)O)c2)CC1. The molecule has 2 N–H and O–H groups in total. The van der Waals surface area contributed by atoms with Crippen LogP contribution in [0.1, 0.15) is 77.3 Å². The molecule has 2 saturated carbocycles. The fraction of sp³-hybridized carbons (Fsp3) is 0.567. The van der Waals surface area contributed by atoms with Gasteiger partial charge < -0.3 is 20.1 Å². The Morgan fingerprint density at radius 2 is 1.89 bits per heavy atom. The highest BCUT2D eigenvalue weighted by Crippen LogP contribution is 2.46. The molecule has 38 heavy (non-hydrogen) atoms. The first-order valence-electron chi connectivity index (χ1n) is 13.9. The quantitative estimate of drug-likeness (QED) is 0.428. The van der Waals surface area contributed by atoms with Gasteiger partial charge in [-0.05, 0) is 64.9 Å². The van der Waals surface area contributed by atoms with E-state index in [1.165, 1.54) is 15.8 Å². The second-order valence-corrected chi connectivity index (χ2v) is 11.6. The number of carboxylic acid groups (broad SMARTS) is 1. The van der Waals surface area contributed by atoms with Crippen molar-refractivity contribution in [3.63, 3.8) is 0 Å². The topological polar surface area (TPSA) is 96.7 Å². The van der Waals surface area contributed by atoms with Crippen LogP contribution in [0.2, 0.25) is 0 Å². The lowest BCUT2D eigenvalue weighted by molar-refractivity contribution is -0.137. The third kappa shape index (κ3) is 7.69. The molecule has 2 fully saturated rings. The van der Waals surface area contributed by atoms with Crippen molar-refractivity contribution < 1.29 is 19.4 Å². The highest BCUT2D eigenvalue weighted by atomic mass is 16.6. The number of hydrogen-bond acceptors (Lipinski definition) is 5. The Bertz CT molecular complexity index is 1110. The van der Waals surface area contributed by atoms with Crippen molar-refractivity contribution in [3.8, 4) is 0 Å². The van der Waals surface area contributed by atoms with Crippen molar-refractivity contribution in [2.45, 2.75) is 103 Å². The van der Waals surface area contributed by atoms with Gasteiger partial charge in [0.1, 0.15) is 12.1 Å². The molecule has 2 atom stereocenters. The summed E-state index contributed by atoms with van der Waals surface area (Å²) in [6.45, 7) is 8.51. The average molecular weight is 523 g/mol. The molecule has 0 aliphatic heterocycles. The standard InChI is InChI=1S/C30H42N4O4/c1-5-23(15-21-9-7-6-8-10-21)26-16-27(26)34(29(37)38-30(2,3)4)25-13-11-24(12-14-25)31-17-22-18-32-33(19-22)20-28(35)36/h6-10,15,18-19,24-27,31H,5,11-14,16-17,20H2,1-4H3,(H,35,36)/b23-15+. The molecule has 2 unspecified atom stereocenters. The molecule has 1 aromatic heterocycles. The van der Waals surface area contributed by atoms with Gasteiger partial charge in [-0.2, -0.15) is 5.10 Å². The first-order valence-corrected chi connectivity index (χ1v) is 13.9. The molecule has 0 spiro atoms. The molecule has 1 amide bonds. The van der Waals surface area contributed by atoms with Crippen LogP contribution in [0.3, 0.4) is 0 Å². The van der Waals surface area contributed by atoms with Crippen LogP contribution in [-0.4, -0.2) is 55.6 Å². The Balaban J connectivity index is 1.37. The molecule has 1 aromatic carbocycles. The van der Waals surface area contributed by atoms with Crippen molar-refractivity contribution in [2.24, 2.45) is 5.92 Å². The fourth-order valence-corrected chi connectivity index (χ4v) is 5.54. The smallest absolute Gasteiger partial charge is 0.410 e. The Morgan fingerprint density at radius 1 is 1.18 bits per heavy atom. The second-order valence-electron chi connectivity index (χ2n) is 11.6. The summed E-state index contributed by atoms with van der Waals surface area (Å²) in [6.07, 6.45) is 11.4. The van der Waals surface area contributed by atoms with Crippen molar-refractivity contribution in [3.05, 3.63) is 59.4 Å². The Kier molecular flexibility index (Phi) is 8.92. The minimum absolute atomic E-state index is 0.131. The van der Waals surface area contributed by atoms with Gasteiger partial charge in [0.15, 0.2) is 0 Å². The molecule has 2 aliphatic rings. The van der Waals surface area contributed by atoms with E-state index in [2.05, 4.69) is 52.6 Å². The predicted molar refractivity (Wildman–Crippen MR) is 147 cm³/mol. The number of carbonyl (C=O) groups excluding carboxylic acids is 1. The van der Waals surface area contributed by atoms with Gasteiger partial charge in [0.05, 0.1) is 6.20 Å². The van der Waals surface area contributed by atoms with Crippen LogP contribution >= 0.6 is 0 Å². The van der Waals surface area contributed by atoms with Gasteiger partial charge >= 0.3 is 12.1 Å². The monoisotopic (exact) mass is 522 g/mol. The zero-order valence-corrected chi connectivity index (χ0v) is 23.1. The Morgan fingerprint density at radius 3 is 2.53 bits per heavy atom. The van der Waals surface area contributed by atoms with Crippen molar-refractivity contribution >= 4 is 18.1 Å². The Hall–Kier alpha value is -3.13. The number of carboxylic acids is 1. The number of aromatic nitrogens is 2. The van der Waals surface area contributed by atoms with Gasteiger partial charge in [-0.25, -0.2) is 4.79 Å². The number of aliphatic carboxylic acids is 1. The Labute approximate surface area is 226 Å². The predicted octanol–water partition coefficient (Wildman–Crippen LogP) is 5.49. The second kappa shape index (κ2) is 12.2. The normalized spacial score (nSPS) is 23.6. The summed E-state index contributed by atoms with van der Waals surface area (Å²) in [4.78, 5) is 26.4. The summed E-state index contributed by atoms with van der Waals surface area (Å²) >= 11 is 0. The lowest BCUT2D eigenvalue weighted by atomic mass is 9.89. The minimum Gasteiger partial charge on any atom is -0.480 e. The molecule has 0 radical (unpaired) electrons. The van der Waals surface area contributed by atoms with Crippen LogP contribution in [0.15, 0.2) is 48.3 Å². The van der Waals surface area contributed by atoms with E-state index in [-0.39, 0.29) is 24.7 Å². The van der Waals surface area contributed by atoms with Crippen molar-refractivity contribution in [1.82, 2.24) is 20.0 Å². The molecule has 4 rings (SSSR count). The summed E-state index contributed by atoms with van der Waals surface area (Å²) < 4.78 is 7.34. The van der Waals surface area contributed by atoms with Crippen LogP contribution in [0.4, 0.5) is 4.79 Å². The lowest BCUT2D eigenvalue weighted by Crippen LogP contribution is -2.48. The summed E-state index contributed by atoms with van der Waals surface area (Å²) in [6, 6.07) is 11.1. The third-order valence-corrected chi connectivity index (χ3v) is 7.42. The zero-order valence-electron chi connectivity index (χ0n) is 23.1. The van der Waals surface area contributed by atoms with Gasteiger partial charge in [-0.3, -0.25) is 9.48 Å². The first-order chi connectivity index (χ1) is 18.1. The first kappa shape index (κ1) is 27.9. The summed E-state index contributed by atoms with van der Waals surface area (Å²) in [5.41, 5.74) is 3.05. The third-order valence-electron chi connectivity index (χ3n) is 7.42. The number of ether oxygens (including phenoxy) is 1. The molecule has 206 valence electrons. The van der Waals surface area contributed by atoms with Gasteiger partial charge in [0.25, 0.3) is 0 Å². The number of carbonyl (C=O) groups is 2. The van der Waals surface area contributed by atoms with Crippen LogP contribution in [0.25, 0.3) is 6.08 Å². The molecular weight excluding hydrogens is 480 g/mol. The van der Waals surface area contributed by atoms with Gasteiger partial charge in [-0.1, -0.05) is 48.9 Å². The maximum absolute atomic E-state index is 13.4. The van der Waals surface area contributed by atoms with Gasteiger partial charge in [0.2, 0.25) is 0 Å². The largest absolute Gasteiger partial charge is 0.480 e. The molecule has 0 saturated heterocycles. The summed E-state index contributed by atoms with van der Waals surface area (Å²) in [7, 11) is 0. The molecule has 8 nitrogen and oxygen atoms in total. The molecular formula is C30H42N4O4. The zero-order chi connectivity index (χ0) is 27.3. The van der Waals surface area contributed by atoms with Crippen molar-refractivity contribution in [2.75, 3.05) is 0 Å². The van der Waals surface area contributed by atoms with Crippen molar-refractivity contribution in [1.29, 1.82) is 0 Å². The van der Waals surface area contributed by atoms with E-state index in [0.717, 1.165) is 44.1 Å². The van der Waals surface area contributed by atoms with E-state index in [9.17, 15) is 9.59 Å². The van der Waals surface area contributed by atoms with E-state index < -0.39 is 11.6 Å². The number of nitrogens with one attached hydrogen (secondary N) is 1. The van der Waals surface area contributed by atoms with Crippen LogP contribution in [-0.2, 0) is 22.6 Å². The summed E-state index contributed by atoms with van der Waals surface area (Å²) in [5, 5.41) is 16.6. The highest BCUT2D eigenvalue weighted by molar-refractivity contribution is 5.70. The van der Waals surface area contributed by atoms with E-state index in [1.54, 1.807) is 12.4 Å². The molecule has 1 heterocycles. The number of nitrogens with zero attached hydrogens (tertiary/aromatic N) is 3. The average Bonchev–Trinajstić information content (AvgIpc) is 3.50. The fourth-order valence-electron chi connectivity index (χ4n) is 5.54. The number of benzene rings is 1. The van der Waals surface area contributed by atoms with E-state index >= 15 is 0 Å². The highest BCUT2D eigenvalue weighted by Gasteiger charge is 2.49. The lowest BCUT2D eigenvalue weighted by Gasteiger charge is -2.38. The van der Waals surface area contributed by atoms with Gasteiger partial charge in [-0.15, -0.1) is 0 Å². The van der Waals surface area contributed by atoms with Crippen LogP contribution in [0.5, 0.6) is 0 Å². The summed E-state index contributed by atoms with van der Waals surface area (Å²) in [5.74, 6) is -0.522. The van der Waals surface area contributed by atoms with Crippen LogP contribution < -0.4 is 5.32 Å². The molecule has 2 aliphatic carbocycles. The number of rotatable bonds is 10. The van der Waals surface area contributed by atoms with E-state index in [1.807, 2.05) is 26.8 Å². The van der Waals surface area contributed by atoms with E-state index in [0.29, 0.717) is 18.5 Å². The maximum Gasteiger partial charge on any atom is 0.410 e. The van der Waals surface area contributed by atoms with Gasteiger partial charge in [0, 0.05) is 42.3 Å². The number of amides is 1. The molecule has 0 bridgehead atoms. The maximum atomic E-state index is 13.4. The van der Waals surface area contributed by atoms with E-state index in [4.69, 9.17) is 9.84 Å².